The van der Waals surface area contributed by atoms with Crippen LogP contribution in [0, 0.1) is 11.3 Å². The van der Waals surface area contributed by atoms with Crippen LogP contribution in [0.4, 0.5) is 0 Å². The summed E-state index contributed by atoms with van der Waals surface area (Å²) >= 11 is 0. The molecule has 1 aromatic rings. The van der Waals surface area contributed by atoms with E-state index in [0.717, 1.165) is 29.8 Å². The molecule has 1 aliphatic heterocycles. The second-order valence-electron chi connectivity index (χ2n) is 8.53. The first-order valence-corrected chi connectivity index (χ1v) is 9.37. The van der Waals surface area contributed by atoms with Crippen LogP contribution >= 0.6 is 0 Å². The van der Waals surface area contributed by atoms with E-state index < -0.39 is 0 Å². The van der Waals surface area contributed by atoms with Crippen LogP contribution in [0.1, 0.15) is 64.4 Å². The van der Waals surface area contributed by atoms with Crippen LogP contribution in [-0.2, 0) is 0 Å². The molecule has 0 spiro atoms. The molecule has 0 radical (unpaired) electrons. The molecule has 1 heterocycles. The Morgan fingerprint density at radius 2 is 1.75 bits per heavy atom. The van der Waals surface area contributed by atoms with Crippen LogP contribution in [0.2, 0.25) is 0 Å². The number of hydrogen-bond donors (Lipinski definition) is 2. The van der Waals surface area contributed by atoms with Gasteiger partial charge in [-0.3, -0.25) is 0 Å². The summed E-state index contributed by atoms with van der Waals surface area (Å²) in [5.41, 5.74) is 7.65. The van der Waals surface area contributed by atoms with Gasteiger partial charge in [0.05, 0.1) is 11.9 Å². The minimum atomic E-state index is 0.303. The van der Waals surface area contributed by atoms with Gasteiger partial charge in [-0.15, -0.1) is 0 Å². The summed E-state index contributed by atoms with van der Waals surface area (Å²) in [5.74, 6) is 3.31. The molecule has 0 amide bonds. The lowest BCUT2D eigenvalue weighted by atomic mass is 9.69. The van der Waals surface area contributed by atoms with Crippen LogP contribution in [-0.4, -0.2) is 12.6 Å². The predicted molar refractivity (Wildman–Crippen MR) is 99.9 cm³/mol. The Labute approximate surface area is 146 Å². The lowest BCUT2D eigenvalue weighted by Gasteiger charge is -2.37. The van der Waals surface area contributed by atoms with E-state index in [9.17, 15) is 0 Å². The Bertz CT molecular complexity index is 562. The summed E-state index contributed by atoms with van der Waals surface area (Å²) in [6.45, 7) is 7.80. The van der Waals surface area contributed by atoms with Crippen molar-refractivity contribution in [3.05, 3.63) is 41.7 Å². The molecule has 0 bridgehead atoms. The maximum absolute atomic E-state index is 5.89. The topological polar surface area (TPSA) is 47.3 Å². The van der Waals surface area contributed by atoms with Crippen molar-refractivity contribution in [3.63, 3.8) is 0 Å². The van der Waals surface area contributed by atoms with Gasteiger partial charge in [0.1, 0.15) is 12.4 Å². The van der Waals surface area contributed by atoms with Crippen LogP contribution in [0.25, 0.3) is 0 Å². The van der Waals surface area contributed by atoms with Gasteiger partial charge in [-0.25, -0.2) is 0 Å². The molecule has 24 heavy (non-hydrogen) atoms. The molecule has 1 atom stereocenters. The molecule has 2 aliphatic rings. The summed E-state index contributed by atoms with van der Waals surface area (Å²) in [7, 11) is 0. The third-order valence-electron chi connectivity index (χ3n) is 5.75. The second kappa shape index (κ2) is 7.08. The number of rotatable bonds is 4. The Morgan fingerprint density at radius 3 is 2.29 bits per heavy atom. The third kappa shape index (κ3) is 4.25. The summed E-state index contributed by atoms with van der Waals surface area (Å²) < 4.78 is 5.89. The Morgan fingerprint density at radius 1 is 1.08 bits per heavy atom. The minimum Gasteiger partial charge on any atom is -0.491 e. The average Bonchev–Trinajstić information content (AvgIpc) is 2.98. The fourth-order valence-corrected chi connectivity index (χ4v) is 4.06. The molecule has 3 N–H and O–H groups in total. The zero-order valence-electron chi connectivity index (χ0n) is 15.3. The van der Waals surface area contributed by atoms with E-state index in [1.165, 1.54) is 31.2 Å². The van der Waals surface area contributed by atoms with E-state index in [2.05, 4.69) is 50.4 Å². The highest BCUT2D eigenvalue weighted by Gasteiger charge is 2.30. The molecule has 0 saturated heterocycles. The van der Waals surface area contributed by atoms with Gasteiger partial charge in [0.15, 0.2) is 0 Å². The zero-order chi connectivity index (χ0) is 17.2. The van der Waals surface area contributed by atoms with Crippen LogP contribution in [0.3, 0.4) is 0 Å². The quantitative estimate of drug-likeness (QED) is 0.852. The number of nitrogens with two attached hydrogens (primary N) is 1. The predicted octanol–water partition coefficient (Wildman–Crippen LogP) is 4.55. The number of benzene rings is 1. The molecule has 1 aromatic carbocycles. The van der Waals surface area contributed by atoms with Gasteiger partial charge in [0.2, 0.25) is 0 Å². The zero-order valence-corrected chi connectivity index (χ0v) is 15.3. The highest BCUT2D eigenvalue weighted by Crippen LogP contribution is 2.43. The molecule has 1 aliphatic carbocycles. The van der Waals surface area contributed by atoms with Crippen molar-refractivity contribution in [2.45, 2.75) is 64.8 Å². The Kier molecular flexibility index (Phi) is 5.07. The van der Waals surface area contributed by atoms with Gasteiger partial charge in [-0.2, -0.15) is 0 Å². The van der Waals surface area contributed by atoms with E-state index >= 15 is 0 Å². The smallest absolute Gasteiger partial charge is 0.119 e. The summed E-state index contributed by atoms with van der Waals surface area (Å²) in [5, 5.41) is 3.22. The molecule has 1 saturated carbocycles. The minimum absolute atomic E-state index is 0.303. The molecule has 1 fully saturated rings. The van der Waals surface area contributed by atoms with Gasteiger partial charge >= 0.3 is 0 Å². The Hall–Kier alpha value is -1.64. The largest absolute Gasteiger partial charge is 0.491 e. The van der Waals surface area contributed by atoms with E-state index in [4.69, 9.17) is 10.5 Å². The first kappa shape index (κ1) is 17.2. The first-order valence-electron chi connectivity index (χ1n) is 9.37. The molecule has 3 heteroatoms. The van der Waals surface area contributed by atoms with Crippen molar-refractivity contribution in [3.8, 4) is 5.75 Å². The average molecular weight is 329 g/mol. The fraction of sp³-hybridized carbons (Fsp3) is 0.619. The normalized spacial score (nSPS) is 27.5. The van der Waals surface area contributed by atoms with Crippen molar-refractivity contribution < 1.29 is 4.74 Å². The SMILES string of the molecule is CC(C)(C)C1CCC(c2ccc(OCC3CC=C(N)N3)cc2)CC1. The maximum atomic E-state index is 5.89. The fourth-order valence-electron chi connectivity index (χ4n) is 4.06. The van der Waals surface area contributed by atoms with Gasteiger partial charge in [-0.1, -0.05) is 32.9 Å². The van der Waals surface area contributed by atoms with Crippen LogP contribution < -0.4 is 15.8 Å². The molecular weight excluding hydrogens is 296 g/mol. The number of hydrogen-bond acceptors (Lipinski definition) is 3. The van der Waals surface area contributed by atoms with E-state index in [-0.39, 0.29) is 0 Å². The number of ether oxygens (including phenoxy) is 1. The molecule has 132 valence electrons. The summed E-state index contributed by atoms with van der Waals surface area (Å²) in [6, 6.07) is 9.06. The molecule has 3 rings (SSSR count). The lowest BCUT2D eigenvalue weighted by Crippen LogP contribution is -2.31. The third-order valence-corrected chi connectivity index (χ3v) is 5.75. The van der Waals surface area contributed by atoms with Crippen LogP contribution in [0.15, 0.2) is 36.2 Å². The van der Waals surface area contributed by atoms with Crippen molar-refractivity contribution in [2.75, 3.05) is 6.61 Å². The summed E-state index contributed by atoms with van der Waals surface area (Å²) in [6.07, 6.45) is 8.31. The van der Waals surface area contributed by atoms with Gasteiger partial charge in [-0.05, 0) is 73.1 Å². The van der Waals surface area contributed by atoms with E-state index in [1.807, 2.05) is 6.08 Å². The van der Waals surface area contributed by atoms with Crippen molar-refractivity contribution in [1.29, 1.82) is 0 Å². The summed E-state index contributed by atoms with van der Waals surface area (Å²) in [4.78, 5) is 0. The number of nitrogens with one attached hydrogen (secondary N) is 1. The van der Waals surface area contributed by atoms with Gasteiger partial charge in [0.25, 0.3) is 0 Å². The monoisotopic (exact) mass is 328 g/mol. The van der Waals surface area contributed by atoms with E-state index in [0.29, 0.717) is 18.1 Å². The van der Waals surface area contributed by atoms with Crippen molar-refractivity contribution in [2.24, 2.45) is 17.1 Å². The van der Waals surface area contributed by atoms with Gasteiger partial charge in [0, 0.05) is 0 Å². The molecular formula is C21H32N2O. The lowest BCUT2D eigenvalue weighted by molar-refractivity contribution is 0.169. The van der Waals surface area contributed by atoms with E-state index in [1.54, 1.807) is 0 Å². The first-order chi connectivity index (χ1) is 11.4. The molecule has 0 aromatic heterocycles. The highest BCUT2D eigenvalue weighted by molar-refractivity contribution is 5.30. The Balaban J connectivity index is 1.48. The molecule has 3 nitrogen and oxygen atoms in total. The van der Waals surface area contributed by atoms with Crippen molar-refractivity contribution in [1.82, 2.24) is 5.32 Å². The second-order valence-corrected chi connectivity index (χ2v) is 8.53. The maximum Gasteiger partial charge on any atom is 0.119 e. The highest BCUT2D eigenvalue weighted by atomic mass is 16.5. The molecule has 1 unspecified atom stereocenters. The standard InChI is InChI=1S/C21H32N2O/c1-21(2,3)17-8-4-15(5-9-17)16-6-11-19(12-7-16)24-14-18-10-13-20(22)23-18/h6-7,11-13,15,17-18,23H,4-5,8-10,14,22H2,1-3H3. The van der Waals surface area contributed by atoms with Crippen molar-refractivity contribution >= 4 is 0 Å². The van der Waals surface area contributed by atoms with Gasteiger partial charge < -0.3 is 15.8 Å². The van der Waals surface area contributed by atoms with Crippen LogP contribution in [0.5, 0.6) is 5.75 Å².